The van der Waals surface area contributed by atoms with Gasteiger partial charge in [-0.2, -0.15) is 0 Å². The lowest BCUT2D eigenvalue weighted by Crippen LogP contribution is -2.03. The number of hydrogen-bond acceptors (Lipinski definition) is 5. The molecular formula is C13H18N4O. The highest BCUT2D eigenvalue weighted by Gasteiger charge is 2.05. The van der Waals surface area contributed by atoms with Crippen LogP contribution in [0, 0.1) is 13.8 Å². The number of nitrogens with zero attached hydrogens (tertiary/aromatic N) is 3. The average Bonchev–Trinajstić information content (AvgIpc) is 2.67. The molecule has 0 spiro atoms. The van der Waals surface area contributed by atoms with Gasteiger partial charge in [-0.1, -0.05) is 13.3 Å². The SMILES string of the molecule is CCCc1cc(NCc2nc(C)c(C)o2)ncn1. The van der Waals surface area contributed by atoms with Gasteiger partial charge in [0.15, 0.2) is 0 Å². The van der Waals surface area contributed by atoms with Crippen LogP contribution >= 0.6 is 0 Å². The molecule has 0 fully saturated rings. The van der Waals surface area contributed by atoms with Crippen molar-refractivity contribution in [1.29, 1.82) is 0 Å². The predicted molar refractivity (Wildman–Crippen MR) is 69.3 cm³/mol. The van der Waals surface area contributed by atoms with Crippen LogP contribution in [0.2, 0.25) is 0 Å². The van der Waals surface area contributed by atoms with E-state index < -0.39 is 0 Å². The Morgan fingerprint density at radius 2 is 2.11 bits per heavy atom. The fourth-order valence-electron chi connectivity index (χ4n) is 1.67. The largest absolute Gasteiger partial charge is 0.444 e. The number of aryl methyl sites for hydroxylation is 3. The molecule has 0 amide bonds. The molecule has 0 aliphatic rings. The summed E-state index contributed by atoms with van der Waals surface area (Å²) in [6.45, 7) is 6.52. The fourth-order valence-corrected chi connectivity index (χ4v) is 1.67. The predicted octanol–water partition coefficient (Wildman–Crippen LogP) is 2.65. The minimum atomic E-state index is 0.539. The smallest absolute Gasteiger partial charge is 0.213 e. The highest BCUT2D eigenvalue weighted by atomic mass is 16.4. The number of aromatic nitrogens is 3. The lowest BCUT2D eigenvalue weighted by Gasteiger charge is -2.04. The van der Waals surface area contributed by atoms with E-state index in [1.165, 1.54) is 0 Å². The summed E-state index contributed by atoms with van der Waals surface area (Å²) in [4.78, 5) is 12.7. The molecule has 0 radical (unpaired) electrons. The fraction of sp³-hybridized carbons (Fsp3) is 0.462. The summed E-state index contributed by atoms with van der Waals surface area (Å²) in [7, 11) is 0. The van der Waals surface area contributed by atoms with Crippen LogP contribution < -0.4 is 5.32 Å². The molecular weight excluding hydrogens is 228 g/mol. The highest BCUT2D eigenvalue weighted by Crippen LogP contribution is 2.11. The first kappa shape index (κ1) is 12.5. The van der Waals surface area contributed by atoms with E-state index in [0.29, 0.717) is 12.4 Å². The molecule has 0 atom stereocenters. The van der Waals surface area contributed by atoms with E-state index in [9.17, 15) is 0 Å². The summed E-state index contributed by atoms with van der Waals surface area (Å²) < 4.78 is 5.50. The Hall–Kier alpha value is -1.91. The molecule has 2 heterocycles. The van der Waals surface area contributed by atoms with Crippen LogP contribution in [0.4, 0.5) is 5.82 Å². The topological polar surface area (TPSA) is 63.8 Å². The molecule has 2 rings (SSSR count). The lowest BCUT2D eigenvalue weighted by molar-refractivity contribution is 0.478. The molecule has 0 aliphatic heterocycles. The van der Waals surface area contributed by atoms with E-state index in [1.54, 1.807) is 6.33 Å². The maximum absolute atomic E-state index is 5.50. The Bertz CT molecular complexity index is 502. The molecule has 5 heteroatoms. The Morgan fingerprint density at radius 1 is 1.28 bits per heavy atom. The third kappa shape index (κ3) is 3.06. The van der Waals surface area contributed by atoms with Gasteiger partial charge in [-0.05, 0) is 20.3 Å². The Balaban J connectivity index is 1.99. The number of nitrogens with one attached hydrogen (secondary N) is 1. The van der Waals surface area contributed by atoms with Crippen LogP contribution in [0.15, 0.2) is 16.8 Å². The van der Waals surface area contributed by atoms with Gasteiger partial charge >= 0.3 is 0 Å². The van der Waals surface area contributed by atoms with Gasteiger partial charge in [-0.25, -0.2) is 15.0 Å². The maximum Gasteiger partial charge on any atom is 0.213 e. The molecule has 0 saturated carbocycles. The van der Waals surface area contributed by atoms with Crippen LogP contribution in [0.25, 0.3) is 0 Å². The van der Waals surface area contributed by atoms with Crippen molar-refractivity contribution in [2.75, 3.05) is 5.32 Å². The number of anilines is 1. The van der Waals surface area contributed by atoms with Crippen LogP contribution in [0.1, 0.15) is 36.4 Å². The van der Waals surface area contributed by atoms with Gasteiger partial charge in [0.2, 0.25) is 5.89 Å². The summed E-state index contributed by atoms with van der Waals surface area (Å²) in [5.74, 6) is 2.35. The van der Waals surface area contributed by atoms with Gasteiger partial charge in [-0.3, -0.25) is 0 Å². The highest BCUT2D eigenvalue weighted by molar-refractivity contribution is 5.34. The average molecular weight is 246 g/mol. The van der Waals surface area contributed by atoms with Crippen molar-refractivity contribution < 1.29 is 4.42 Å². The van der Waals surface area contributed by atoms with Crippen molar-refractivity contribution >= 4 is 5.82 Å². The number of rotatable bonds is 5. The maximum atomic E-state index is 5.50. The van der Waals surface area contributed by atoms with Gasteiger partial charge in [0.1, 0.15) is 17.9 Å². The van der Waals surface area contributed by atoms with Crippen molar-refractivity contribution in [3.05, 3.63) is 35.4 Å². The zero-order chi connectivity index (χ0) is 13.0. The second kappa shape index (κ2) is 5.62. The van der Waals surface area contributed by atoms with Crippen molar-refractivity contribution in [1.82, 2.24) is 15.0 Å². The third-order valence-electron chi connectivity index (χ3n) is 2.72. The molecule has 1 N–H and O–H groups in total. The third-order valence-corrected chi connectivity index (χ3v) is 2.72. The lowest BCUT2D eigenvalue weighted by atomic mass is 10.2. The summed E-state index contributed by atoms with van der Waals surface area (Å²) >= 11 is 0. The summed E-state index contributed by atoms with van der Waals surface area (Å²) in [5, 5.41) is 3.19. The van der Waals surface area contributed by atoms with E-state index in [-0.39, 0.29) is 0 Å². The molecule has 0 bridgehead atoms. The molecule has 0 unspecified atom stereocenters. The molecule has 96 valence electrons. The monoisotopic (exact) mass is 246 g/mol. The van der Waals surface area contributed by atoms with Gasteiger partial charge in [0.25, 0.3) is 0 Å². The summed E-state index contributed by atoms with van der Waals surface area (Å²) in [6.07, 6.45) is 3.63. The van der Waals surface area contributed by atoms with Crippen LogP contribution in [-0.2, 0) is 13.0 Å². The first-order valence-corrected chi connectivity index (χ1v) is 6.16. The van der Waals surface area contributed by atoms with Gasteiger partial charge in [0, 0.05) is 11.8 Å². The quantitative estimate of drug-likeness (QED) is 0.878. The molecule has 5 nitrogen and oxygen atoms in total. The molecule has 18 heavy (non-hydrogen) atoms. The Labute approximate surface area is 107 Å². The minimum absolute atomic E-state index is 0.539. The zero-order valence-electron chi connectivity index (χ0n) is 11.0. The Morgan fingerprint density at radius 3 is 2.78 bits per heavy atom. The first-order chi connectivity index (χ1) is 8.69. The van der Waals surface area contributed by atoms with Crippen LogP contribution in [-0.4, -0.2) is 15.0 Å². The molecule has 0 aromatic carbocycles. The van der Waals surface area contributed by atoms with Gasteiger partial charge < -0.3 is 9.73 Å². The molecule has 0 saturated heterocycles. The zero-order valence-corrected chi connectivity index (χ0v) is 11.0. The van der Waals surface area contributed by atoms with E-state index in [2.05, 4.69) is 27.2 Å². The van der Waals surface area contributed by atoms with Crippen molar-refractivity contribution in [3.8, 4) is 0 Å². The van der Waals surface area contributed by atoms with E-state index >= 15 is 0 Å². The summed E-state index contributed by atoms with van der Waals surface area (Å²) in [6, 6.07) is 1.96. The molecule has 0 aliphatic carbocycles. The molecule has 2 aromatic rings. The molecule has 2 aromatic heterocycles. The van der Waals surface area contributed by atoms with Crippen LogP contribution in [0.3, 0.4) is 0 Å². The Kier molecular flexibility index (Phi) is 3.92. The van der Waals surface area contributed by atoms with E-state index in [0.717, 1.165) is 35.8 Å². The number of hydrogen-bond donors (Lipinski definition) is 1. The number of oxazole rings is 1. The van der Waals surface area contributed by atoms with E-state index in [1.807, 2.05) is 19.9 Å². The first-order valence-electron chi connectivity index (χ1n) is 6.16. The van der Waals surface area contributed by atoms with Gasteiger partial charge in [0.05, 0.1) is 12.2 Å². The standard InChI is InChI=1S/C13H18N4O/c1-4-5-11-6-12(16-8-15-11)14-7-13-17-9(2)10(3)18-13/h6,8H,4-5,7H2,1-3H3,(H,14,15,16). The van der Waals surface area contributed by atoms with Crippen molar-refractivity contribution in [3.63, 3.8) is 0 Å². The van der Waals surface area contributed by atoms with E-state index in [4.69, 9.17) is 4.42 Å². The second-order valence-electron chi connectivity index (χ2n) is 4.25. The normalized spacial score (nSPS) is 10.6. The van der Waals surface area contributed by atoms with Gasteiger partial charge in [-0.15, -0.1) is 0 Å². The van der Waals surface area contributed by atoms with Crippen molar-refractivity contribution in [2.24, 2.45) is 0 Å². The van der Waals surface area contributed by atoms with Crippen LogP contribution in [0.5, 0.6) is 0 Å². The van der Waals surface area contributed by atoms with Crippen molar-refractivity contribution in [2.45, 2.75) is 40.2 Å². The minimum Gasteiger partial charge on any atom is -0.444 e. The second-order valence-corrected chi connectivity index (χ2v) is 4.25. The summed E-state index contributed by atoms with van der Waals surface area (Å²) in [5.41, 5.74) is 1.98.